The van der Waals surface area contributed by atoms with Crippen LogP contribution in [0.5, 0.6) is 11.5 Å². The van der Waals surface area contributed by atoms with Gasteiger partial charge >= 0.3 is 5.97 Å². The minimum atomic E-state index is -0.986. The Morgan fingerprint density at radius 3 is 2.70 bits per heavy atom. The minimum absolute atomic E-state index is 0.0704. The lowest BCUT2D eigenvalue weighted by molar-refractivity contribution is -0.124. The summed E-state index contributed by atoms with van der Waals surface area (Å²) >= 11 is 5.78. The summed E-state index contributed by atoms with van der Waals surface area (Å²) in [5.41, 5.74) is 0.581. The first-order valence-corrected chi connectivity index (χ1v) is 8.69. The van der Waals surface area contributed by atoms with Crippen molar-refractivity contribution in [1.29, 1.82) is 0 Å². The monoisotopic (exact) mass is 393 g/mol. The third-order valence-corrected chi connectivity index (χ3v) is 4.16. The molecular formula is C19H17ClFNO5. The maximum absolute atomic E-state index is 13.6. The summed E-state index contributed by atoms with van der Waals surface area (Å²) in [5, 5.41) is 2.56. The van der Waals surface area contributed by atoms with Gasteiger partial charge in [-0.05, 0) is 36.2 Å². The van der Waals surface area contributed by atoms with Crippen LogP contribution in [0.3, 0.4) is 0 Å². The third kappa shape index (κ3) is 4.89. The lowest BCUT2D eigenvalue weighted by Crippen LogP contribution is -2.30. The summed E-state index contributed by atoms with van der Waals surface area (Å²) in [6.07, 6.45) is 0.565. The molecule has 6 nitrogen and oxygen atoms in total. The standard InChI is InChI=1S/C19H17ClFNO5/c20-13-2-1-3-14(21)18(13)19(24)27-11-17(23)22-7-6-12-4-5-15-16(10-12)26-9-8-25-15/h1-5,10H,6-9,11H2,(H,22,23). The minimum Gasteiger partial charge on any atom is -0.486 e. The highest BCUT2D eigenvalue weighted by molar-refractivity contribution is 6.33. The van der Waals surface area contributed by atoms with E-state index < -0.39 is 24.3 Å². The quantitative estimate of drug-likeness (QED) is 0.764. The Morgan fingerprint density at radius 1 is 1.15 bits per heavy atom. The van der Waals surface area contributed by atoms with Crippen molar-refractivity contribution in [3.05, 3.63) is 58.4 Å². The number of fused-ring (bicyclic) bond motifs is 1. The van der Waals surface area contributed by atoms with Crippen LogP contribution >= 0.6 is 11.6 Å². The van der Waals surface area contributed by atoms with Crippen molar-refractivity contribution < 1.29 is 28.2 Å². The van der Waals surface area contributed by atoms with Crippen LogP contribution in [0.25, 0.3) is 0 Å². The Labute approximate surface area is 160 Å². The first-order chi connectivity index (χ1) is 13.0. The summed E-state index contributed by atoms with van der Waals surface area (Å²) in [6.45, 7) is 0.852. The highest BCUT2D eigenvalue weighted by atomic mass is 35.5. The predicted octanol–water partition coefficient (Wildman–Crippen LogP) is 2.77. The molecule has 1 amide bonds. The fraction of sp³-hybridized carbons (Fsp3) is 0.263. The second-order valence-corrected chi connectivity index (χ2v) is 6.16. The van der Waals surface area contributed by atoms with Crippen LogP contribution in [0.15, 0.2) is 36.4 Å². The fourth-order valence-electron chi connectivity index (χ4n) is 2.54. The lowest BCUT2D eigenvalue weighted by atomic mass is 10.1. The van der Waals surface area contributed by atoms with Gasteiger partial charge in [-0.15, -0.1) is 0 Å². The van der Waals surface area contributed by atoms with Crippen LogP contribution in [-0.2, 0) is 16.0 Å². The van der Waals surface area contributed by atoms with E-state index in [4.69, 9.17) is 25.8 Å². The van der Waals surface area contributed by atoms with Crippen molar-refractivity contribution in [3.63, 3.8) is 0 Å². The second-order valence-electron chi connectivity index (χ2n) is 5.75. The van der Waals surface area contributed by atoms with Crippen molar-refractivity contribution in [1.82, 2.24) is 5.32 Å². The fourth-order valence-corrected chi connectivity index (χ4v) is 2.78. The molecule has 0 radical (unpaired) electrons. The molecule has 2 aromatic carbocycles. The SMILES string of the molecule is O=C(COC(=O)c1c(F)cccc1Cl)NCCc1ccc2c(c1)OCCO2. The van der Waals surface area contributed by atoms with E-state index in [9.17, 15) is 14.0 Å². The van der Waals surface area contributed by atoms with Gasteiger partial charge in [0.15, 0.2) is 18.1 Å². The van der Waals surface area contributed by atoms with E-state index in [0.29, 0.717) is 37.7 Å². The largest absolute Gasteiger partial charge is 0.486 e. The van der Waals surface area contributed by atoms with Gasteiger partial charge in [0.1, 0.15) is 24.6 Å². The van der Waals surface area contributed by atoms with Crippen molar-refractivity contribution in [3.8, 4) is 11.5 Å². The van der Waals surface area contributed by atoms with Crippen molar-refractivity contribution in [2.24, 2.45) is 0 Å². The summed E-state index contributed by atoms with van der Waals surface area (Å²) in [4.78, 5) is 23.7. The summed E-state index contributed by atoms with van der Waals surface area (Å²) < 4.78 is 29.4. The molecule has 0 saturated heterocycles. The van der Waals surface area contributed by atoms with Gasteiger partial charge in [-0.3, -0.25) is 4.79 Å². The number of halogens is 2. The van der Waals surface area contributed by atoms with E-state index in [1.165, 1.54) is 12.1 Å². The number of nitrogens with one attached hydrogen (secondary N) is 1. The third-order valence-electron chi connectivity index (χ3n) is 3.84. The van der Waals surface area contributed by atoms with Crippen LogP contribution in [0.1, 0.15) is 15.9 Å². The van der Waals surface area contributed by atoms with E-state index in [1.807, 2.05) is 18.2 Å². The molecule has 0 unspecified atom stereocenters. The summed E-state index contributed by atoms with van der Waals surface area (Å²) in [7, 11) is 0. The normalized spacial score (nSPS) is 12.4. The topological polar surface area (TPSA) is 73.9 Å². The number of esters is 1. The molecule has 2 aromatic rings. The van der Waals surface area contributed by atoms with E-state index in [2.05, 4.69) is 5.32 Å². The molecule has 0 spiro atoms. The maximum Gasteiger partial charge on any atom is 0.343 e. The molecular weight excluding hydrogens is 377 g/mol. The zero-order chi connectivity index (χ0) is 19.2. The predicted molar refractivity (Wildman–Crippen MR) is 95.8 cm³/mol. The number of carbonyl (C=O) groups excluding carboxylic acids is 2. The number of ether oxygens (including phenoxy) is 3. The highest BCUT2D eigenvalue weighted by Gasteiger charge is 2.18. The Balaban J connectivity index is 1.44. The zero-order valence-corrected chi connectivity index (χ0v) is 15.1. The molecule has 1 aliphatic heterocycles. The van der Waals surface area contributed by atoms with Gasteiger partial charge in [0.25, 0.3) is 5.91 Å². The molecule has 8 heteroatoms. The molecule has 142 valence electrons. The van der Waals surface area contributed by atoms with Crippen LogP contribution in [0, 0.1) is 5.82 Å². The van der Waals surface area contributed by atoms with Gasteiger partial charge in [-0.25, -0.2) is 9.18 Å². The molecule has 0 bridgehead atoms. The summed E-state index contributed by atoms with van der Waals surface area (Å²) in [6, 6.07) is 9.41. The van der Waals surface area contributed by atoms with E-state index in [-0.39, 0.29) is 10.6 Å². The average molecular weight is 394 g/mol. The van der Waals surface area contributed by atoms with Gasteiger partial charge < -0.3 is 19.5 Å². The number of amides is 1. The van der Waals surface area contributed by atoms with Crippen LogP contribution in [-0.4, -0.2) is 38.2 Å². The van der Waals surface area contributed by atoms with Crippen molar-refractivity contribution in [2.45, 2.75) is 6.42 Å². The van der Waals surface area contributed by atoms with Gasteiger partial charge in [-0.2, -0.15) is 0 Å². The highest BCUT2D eigenvalue weighted by Crippen LogP contribution is 2.30. The first kappa shape index (κ1) is 19.0. The Kier molecular flexibility index (Phi) is 6.13. The van der Waals surface area contributed by atoms with Gasteiger partial charge in [0.05, 0.1) is 5.02 Å². The average Bonchev–Trinajstić information content (AvgIpc) is 2.66. The number of benzene rings is 2. The second kappa shape index (κ2) is 8.73. The Hall–Kier alpha value is -2.80. The maximum atomic E-state index is 13.6. The Bertz CT molecular complexity index is 838. The first-order valence-electron chi connectivity index (χ1n) is 8.31. The van der Waals surface area contributed by atoms with Crippen LogP contribution < -0.4 is 14.8 Å². The molecule has 1 heterocycles. The molecule has 0 atom stereocenters. The van der Waals surface area contributed by atoms with Gasteiger partial charge in [0, 0.05) is 6.54 Å². The smallest absolute Gasteiger partial charge is 0.343 e. The number of hydrogen-bond donors (Lipinski definition) is 1. The van der Waals surface area contributed by atoms with Crippen LogP contribution in [0.4, 0.5) is 4.39 Å². The van der Waals surface area contributed by atoms with Crippen LogP contribution in [0.2, 0.25) is 5.02 Å². The zero-order valence-electron chi connectivity index (χ0n) is 14.3. The van der Waals surface area contributed by atoms with Crippen molar-refractivity contribution >= 4 is 23.5 Å². The van der Waals surface area contributed by atoms with Gasteiger partial charge in [-0.1, -0.05) is 23.7 Å². The number of rotatable bonds is 6. The van der Waals surface area contributed by atoms with E-state index in [1.54, 1.807) is 0 Å². The Morgan fingerprint density at radius 2 is 1.93 bits per heavy atom. The van der Waals surface area contributed by atoms with Crippen molar-refractivity contribution in [2.75, 3.05) is 26.4 Å². The number of hydrogen-bond acceptors (Lipinski definition) is 5. The molecule has 0 aromatic heterocycles. The molecule has 0 aliphatic carbocycles. The summed E-state index contributed by atoms with van der Waals surface area (Å²) in [5.74, 6) is -0.895. The van der Waals surface area contributed by atoms with E-state index in [0.717, 1.165) is 11.6 Å². The molecule has 3 rings (SSSR count). The molecule has 0 saturated carbocycles. The molecule has 1 aliphatic rings. The molecule has 27 heavy (non-hydrogen) atoms. The van der Waals surface area contributed by atoms with E-state index >= 15 is 0 Å². The molecule has 1 N–H and O–H groups in total. The molecule has 0 fully saturated rings. The number of carbonyl (C=O) groups is 2. The van der Waals surface area contributed by atoms with Gasteiger partial charge in [0.2, 0.25) is 0 Å². The lowest BCUT2D eigenvalue weighted by Gasteiger charge is -2.18.